The van der Waals surface area contributed by atoms with Gasteiger partial charge in [0.1, 0.15) is 6.04 Å². The summed E-state index contributed by atoms with van der Waals surface area (Å²) in [5.41, 5.74) is 0. The largest absolute Gasteiger partial charge is 0.357 e. The van der Waals surface area contributed by atoms with E-state index in [4.69, 9.17) is 0 Å². The number of nitrogens with one attached hydrogen (secondary N) is 3. The summed E-state index contributed by atoms with van der Waals surface area (Å²) in [5, 5.41) is 8.32. The van der Waals surface area contributed by atoms with Gasteiger partial charge in [-0.1, -0.05) is 27.7 Å². The maximum Gasteiger partial charge on any atom is 0.242 e. The summed E-state index contributed by atoms with van der Waals surface area (Å²) in [6.45, 7) is 8.22. The zero-order chi connectivity index (χ0) is 13.4. The molecule has 0 aliphatic carbocycles. The van der Waals surface area contributed by atoms with E-state index in [1.165, 1.54) is 0 Å². The van der Waals surface area contributed by atoms with Crippen molar-refractivity contribution in [1.29, 1.82) is 0 Å². The molecule has 3 N–H and O–H groups in total. The fourth-order valence-electron chi connectivity index (χ4n) is 1.42. The van der Waals surface area contributed by atoms with Crippen molar-refractivity contribution in [1.82, 2.24) is 16.0 Å². The van der Waals surface area contributed by atoms with Crippen LogP contribution in [0.25, 0.3) is 0 Å². The molecule has 1 unspecified atom stereocenters. The smallest absolute Gasteiger partial charge is 0.242 e. The molecule has 0 spiro atoms. The van der Waals surface area contributed by atoms with E-state index < -0.39 is 6.04 Å². The molecule has 100 valence electrons. The maximum absolute atomic E-state index is 11.6. The molecule has 0 radical (unpaired) electrons. The van der Waals surface area contributed by atoms with Crippen molar-refractivity contribution in [2.24, 2.45) is 5.92 Å². The Labute approximate surface area is 104 Å². The molecule has 0 aromatic rings. The molecule has 0 aliphatic heterocycles. The van der Waals surface area contributed by atoms with Gasteiger partial charge in [-0.05, 0) is 12.3 Å². The zero-order valence-electron chi connectivity index (χ0n) is 11.5. The molecule has 0 saturated carbocycles. The van der Waals surface area contributed by atoms with Gasteiger partial charge in [0, 0.05) is 13.1 Å². The lowest BCUT2D eigenvalue weighted by atomic mass is 10.0. The van der Waals surface area contributed by atoms with Crippen molar-refractivity contribution < 1.29 is 9.59 Å². The molecule has 0 heterocycles. The van der Waals surface area contributed by atoms with E-state index in [1.807, 2.05) is 27.7 Å². The lowest BCUT2D eigenvalue weighted by Gasteiger charge is -2.19. The van der Waals surface area contributed by atoms with E-state index in [0.29, 0.717) is 12.3 Å². The van der Waals surface area contributed by atoms with Crippen molar-refractivity contribution in [2.75, 3.05) is 13.6 Å². The van der Waals surface area contributed by atoms with Crippen LogP contribution in [-0.4, -0.2) is 37.5 Å². The van der Waals surface area contributed by atoms with Crippen molar-refractivity contribution in [3.8, 4) is 0 Å². The standard InChI is InChI=1S/C12H25N3O2/c1-8(2)6-10(12(17)13-5)15-11(16)7-14-9(3)4/h8-10,14H,6-7H2,1-5H3,(H,13,17)(H,15,16). The topological polar surface area (TPSA) is 70.2 Å². The van der Waals surface area contributed by atoms with E-state index >= 15 is 0 Å². The highest BCUT2D eigenvalue weighted by Crippen LogP contribution is 2.04. The van der Waals surface area contributed by atoms with Gasteiger partial charge in [0.15, 0.2) is 0 Å². The van der Waals surface area contributed by atoms with E-state index in [1.54, 1.807) is 7.05 Å². The number of carbonyl (C=O) groups is 2. The van der Waals surface area contributed by atoms with Crippen LogP contribution in [0.3, 0.4) is 0 Å². The molecule has 0 fully saturated rings. The minimum Gasteiger partial charge on any atom is -0.357 e. The van der Waals surface area contributed by atoms with Gasteiger partial charge < -0.3 is 16.0 Å². The second-order valence-electron chi connectivity index (χ2n) is 4.90. The minimum atomic E-state index is -0.443. The van der Waals surface area contributed by atoms with Gasteiger partial charge in [0.2, 0.25) is 11.8 Å². The van der Waals surface area contributed by atoms with Crippen molar-refractivity contribution in [2.45, 2.75) is 46.2 Å². The first-order chi connectivity index (χ1) is 7.86. The summed E-state index contributed by atoms with van der Waals surface area (Å²) in [6, 6.07) is -0.189. The summed E-state index contributed by atoms with van der Waals surface area (Å²) in [4.78, 5) is 23.2. The van der Waals surface area contributed by atoms with Gasteiger partial charge in [-0.2, -0.15) is 0 Å². The first kappa shape index (κ1) is 15.9. The highest BCUT2D eigenvalue weighted by atomic mass is 16.2. The highest BCUT2D eigenvalue weighted by Gasteiger charge is 2.20. The third kappa shape index (κ3) is 7.74. The summed E-state index contributed by atoms with van der Waals surface area (Å²) >= 11 is 0. The molecule has 5 nitrogen and oxygen atoms in total. The Morgan fingerprint density at radius 2 is 1.71 bits per heavy atom. The lowest BCUT2D eigenvalue weighted by molar-refractivity contribution is -0.128. The Morgan fingerprint density at radius 1 is 1.12 bits per heavy atom. The van der Waals surface area contributed by atoms with Gasteiger partial charge in [0.25, 0.3) is 0 Å². The number of hydrogen-bond donors (Lipinski definition) is 3. The third-order valence-corrected chi connectivity index (χ3v) is 2.28. The Bertz CT molecular complexity index is 252. The van der Waals surface area contributed by atoms with Crippen molar-refractivity contribution >= 4 is 11.8 Å². The second kappa shape index (κ2) is 8.06. The molecule has 0 aromatic heterocycles. The fraction of sp³-hybridized carbons (Fsp3) is 0.833. The molecular weight excluding hydrogens is 218 g/mol. The van der Waals surface area contributed by atoms with Crippen molar-refractivity contribution in [3.63, 3.8) is 0 Å². The number of amides is 2. The van der Waals surface area contributed by atoms with Gasteiger partial charge in [-0.3, -0.25) is 9.59 Å². The monoisotopic (exact) mass is 243 g/mol. The lowest BCUT2D eigenvalue weighted by Crippen LogP contribution is -2.49. The maximum atomic E-state index is 11.6. The third-order valence-electron chi connectivity index (χ3n) is 2.28. The van der Waals surface area contributed by atoms with Crippen LogP contribution in [0.5, 0.6) is 0 Å². The van der Waals surface area contributed by atoms with Crippen LogP contribution in [0.4, 0.5) is 0 Å². The van der Waals surface area contributed by atoms with Gasteiger partial charge >= 0.3 is 0 Å². The number of hydrogen-bond acceptors (Lipinski definition) is 3. The molecule has 0 bridgehead atoms. The second-order valence-corrected chi connectivity index (χ2v) is 4.90. The highest BCUT2D eigenvalue weighted by molar-refractivity contribution is 5.88. The predicted octanol–water partition coefficient (Wildman–Crippen LogP) is 0.261. The average molecular weight is 243 g/mol. The number of likely N-dealkylation sites (N-methyl/N-ethyl adjacent to an activating group) is 1. The van der Waals surface area contributed by atoms with Crippen LogP contribution < -0.4 is 16.0 Å². The van der Waals surface area contributed by atoms with E-state index in [9.17, 15) is 9.59 Å². The van der Waals surface area contributed by atoms with Gasteiger partial charge in [-0.25, -0.2) is 0 Å². The number of carbonyl (C=O) groups excluding carboxylic acids is 2. The predicted molar refractivity (Wildman–Crippen MR) is 68.6 cm³/mol. The first-order valence-electron chi connectivity index (χ1n) is 6.11. The molecule has 5 heteroatoms. The fourth-order valence-corrected chi connectivity index (χ4v) is 1.42. The number of rotatable bonds is 7. The molecule has 0 rings (SSSR count). The van der Waals surface area contributed by atoms with Crippen LogP contribution in [0.1, 0.15) is 34.1 Å². The zero-order valence-corrected chi connectivity index (χ0v) is 11.5. The van der Waals surface area contributed by atoms with Gasteiger partial charge in [0.05, 0.1) is 6.54 Å². The van der Waals surface area contributed by atoms with E-state index in [-0.39, 0.29) is 24.4 Å². The summed E-state index contributed by atoms with van der Waals surface area (Å²) in [7, 11) is 1.58. The van der Waals surface area contributed by atoms with Crippen LogP contribution in [0, 0.1) is 5.92 Å². The Kier molecular flexibility index (Phi) is 7.54. The summed E-state index contributed by atoms with van der Waals surface area (Å²) in [5.74, 6) is 0.0696. The molecule has 0 aromatic carbocycles. The molecule has 17 heavy (non-hydrogen) atoms. The summed E-state index contributed by atoms with van der Waals surface area (Å²) < 4.78 is 0. The van der Waals surface area contributed by atoms with E-state index in [2.05, 4.69) is 16.0 Å². The minimum absolute atomic E-state index is 0.142. The van der Waals surface area contributed by atoms with Gasteiger partial charge in [-0.15, -0.1) is 0 Å². The molecule has 2 amide bonds. The summed E-state index contributed by atoms with van der Waals surface area (Å²) in [6.07, 6.45) is 0.646. The first-order valence-corrected chi connectivity index (χ1v) is 6.11. The SMILES string of the molecule is CNC(=O)C(CC(C)C)NC(=O)CNC(C)C. The molecular formula is C12H25N3O2. The molecule has 0 saturated heterocycles. The van der Waals surface area contributed by atoms with Crippen LogP contribution in [-0.2, 0) is 9.59 Å². The molecule has 0 aliphatic rings. The van der Waals surface area contributed by atoms with E-state index in [0.717, 1.165) is 0 Å². The quantitative estimate of drug-likeness (QED) is 0.601. The van der Waals surface area contributed by atoms with Crippen LogP contribution in [0.15, 0.2) is 0 Å². The van der Waals surface area contributed by atoms with Crippen molar-refractivity contribution in [3.05, 3.63) is 0 Å². The van der Waals surface area contributed by atoms with Crippen LogP contribution in [0.2, 0.25) is 0 Å². The normalized spacial score (nSPS) is 12.6. The Morgan fingerprint density at radius 3 is 2.12 bits per heavy atom. The molecule has 1 atom stereocenters. The Balaban J connectivity index is 4.22. The Hall–Kier alpha value is -1.10. The van der Waals surface area contributed by atoms with Crippen LogP contribution >= 0.6 is 0 Å². The average Bonchev–Trinajstić information content (AvgIpc) is 2.23.